The van der Waals surface area contributed by atoms with Crippen LogP contribution in [0.25, 0.3) is 10.9 Å². The summed E-state index contributed by atoms with van der Waals surface area (Å²) in [6, 6.07) is 12.6. The van der Waals surface area contributed by atoms with Crippen LogP contribution >= 0.6 is 15.9 Å². The van der Waals surface area contributed by atoms with Crippen LogP contribution in [0.1, 0.15) is 5.56 Å². The SMILES string of the molecule is COc1ccc(C)cc1Nc1ncnc(Oc2ccc(Br)c3cccnc23)c1[N+](=O)[O-]. The first-order valence-corrected chi connectivity index (χ1v) is 9.89. The number of rotatable bonds is 6. The molecule has 0 bridgehead atoms. The Morgan fingerprint density at radius 2 is 1.90 bits per heavy atom. The Balaban J connectivity index is 1.78. The minimum Gasteiger partial charge on any atom is -0.495 e. The lowest BCUT2D eigenvalue weighted by Crippen LogP contribution is -2.04. The quantitative estimate of drug-likeness (QED) is 0.281. The Kier molecular flexibility index (Phi) is 5.63. The standard InChI is InChI=1S/C21H16BrN5O4/c1-12-5-7-16(30-2)15(10-12)26-20-19(27(28)29)21(25-11-24-20)31-17-8-6-14(22)13-4-3-9-23-18(13)17/h3-11H,1-2H3,(H,24,25,26). The molecule has 156 valence electrons. The summed E-state index contributed by atoms with van der Waals surface area (Å²) in [5, 5.41) is 15.7. The van der Waals surface area contributed by atoms with Crippen LogP contribution in [0.2, 0.25) is 0 Å². The normalized spacial score (nSPS) is 10.7. The van der Waals surface area contributed by atoms with E-state index < -0.39 is 10.6 Å². The van der Waals surface area contributed by atoms with Crippen molar-refractivity contribution in [3.05, 3.63) is 75.1 Å². The van der Waals surface area contributed by atoms with E-state index in [9.17, 15) is 10.1 Å². The predicted molar refractivity (Wildman–Crippen MR) is 119 cm³/mol. The number of fused-ring (bicyclic) bond motifs is 1. The van der Waals surface area contributed by atoms with Gasteiger partial charge in [-0.1, -0.05) is 28.1 Å². The number of hydrogen-bond acceptors (Lipinski definition) is 8. The van der Waals surface area contributed by atoms with E-state index in [-0.39, 0.29) is 11.7 Å². The molecular weight excluding hydrogens is 466 g/mol. The first-order chi connectivity index (χ1) is 15.0. The van der Waals surface area contributed by atoms with Crippen molar-refractivity contribution in [3.63, 3.8) is 0 Å². The van der Waals surface area contributed by atoms with Gasteiger partial charge < -0.3 is 14.8 Å². The number of hydrogen-bond donors (Lipinski definition) is 1. The Hall–Kier alpha value is -3.79. The molecule has 0 aliphatic carbocycles. The zero-order valence-corrected chi connectivity index (χ0v) is 18.1. The number of methoxy groups -OCH3 is 1. The number of halogens is 1. The van der Waals surface area contributed by atoms with Crippen LogP contribution in [0.3, 0.4) is 0 Å². The van der Waals surface area contributed by atoms with Gasteiger partial charge in [-0.15, -0.1) is 0 Å². The topological polar surface area (TPSA) is 112 Å². The molecule has 0 spiro atoms. The second-order valence-electron chi connectivity index (χ2n) is 6.51. The van der Waals surface area contributed by atoms with E-state index in [1.165, 1.54) is 13.4 Å². The van der Waals surface area contributed by atoms with Crippen LogP contribution in [0.4, 0.5) is 17.2 Å². The number of pyridine rings is 1. The van der Waals surface area contributed by atoms with E-state index >= 15 is 0 Å². The molecule has 0 radical (unpaired) electrons. The molecule has 0 amide bonds. The van der Waals surface area contributed by atoms with Crippen LogP contribution in [-0.4, -0.2) is 27.0 Å². The Labute approximate surface area is 185 Å². The van der Waals surface area contributed by atoms with Crippen molar-refractivity contribution in [3.8, 4) is 17.4 Å². The largest absolute Gasteiger partial charge is 0.495 e. The highest BCUT2D eigenvalue weighted by atomic mass is 79.9. The number of aryl methyl sites for hydroxylation is 1. The van der Waals surface area contributed by atoms with Crippen LogP contribution < -0.4 is 14.8 Å². The van der Waals surface area contributed by atoms with Crippen molar-refractivity contribution in [2.45, 2.75) is 6.92 Å². The first-order valence-electron chi connectivity index (χ1n) is 9.10. The molecule has 0 aliphatic heterocycles. The fourth-order valence-electron chi connectivity index (χ4n) is 3.04. The molecule has 2 aromatic carbocycles. The highest BCUT2D eigenvalue weighted by Crippen LogP contribution is 2.39. The molecule has 0 atom stereocenters. The summed E-state index contributed by atoms with van der Waals surface area (Å²) < 4.78 is 12.0. The zero-order valence-electron chi connectivity index (χ0n) is 16.5. The molecule has 0 unspecified atom stereocenters. The molecule has 2 heterocycles. The average Bonchev–Trinajstić information content (AvgIpc) is 2.76. The van der Waals surface area contributed by atoms with E-state index in [0.717, 1.165) is 15.4 Å². The third-order valence-electron chi connectivity index (χ3n) is 4.47. The number of aromatic nitrogens is 3. The molecule has 0 saturated carbocycles. The van der Waals surface area contributed by atoms with Gasteiger partial charge in [-0.3, -0.25) is 15.1 Å². The minimum absolute atomic E-state index is 0.0201. The Morgan fingerprint density at radius 3 is 2.68 bits per heavy atom. The van der Waals surface area contributed by atoms with E-state index in [4.69, 9.17) is 9.47 Å². The van der Waals surface area contributed by atoms with Crippen molar-refractivity contribution in [1.29, 1.82) is 0 Å². The second-order valence-corrected chi connectivity index (χ2v) is 7.36. The summed E-state index contributed by atoms with van der Waals surface area (Å²) in [5.74, 6) is 0.625. The molecule has 0 aliphatic rings. The lowest BCUT2D eigenvalue weighted by atomic mass is 10.2. The monoisotopic (exact) mass is 481 g/mol. The maximum atomic E-state index is 11.9. The Morgan fingerprint density at radius 1 is 1.10 bits per heavy atom. The van der Waals surface area contributed by atoms with Gasteiger partial charge in [0.2, 0.25) is 5.82 Å². The number of nitrogens with zero attached hydrogens (tertiary/aromatic N) is 4. The van der Waals surface area contributed by atoms with Gasteiger partial charge in [-0.25, -0.2) is 4.98 Å². The second kappa shape index (κ2) is 8.52. The van der Waals surface area contributed by atoms with Gasteiger partial charge in [0, 0.05) is 16.1 Å². The van der Waals surface area contributed by atoms with Crippen LogP contribution in [0.15, 0.2) is 59.5 Å². The van der Waals surface area contributed by atoms with Crippen LogP contribution in [0.5, 0.6) is 17.4 Å². The minimum atomic E-state index is -0.589. The van der Waals surface area contributed by atoms with Crippen molar-refractivity contribution < 1.29 is 14.4 Å². The van der Waals surface area contributed by atoms with Crippen LogP contribution in [-0.2, 0) is 0 Å². The summed E-state index contributed by atoms with van der Waals surface area (Å²) in [5.41, 5.74) is 1.62. The van der Waals surface area contributed by atoms with E-state index in [2.05, 4.69) is 36.2 Å². The third kappa shape index (κ3) is 4.10. The molecule has 0 fully saturated rings. The van der Waals surface area contributed by atoms with E-state index in [1.807, 2.05) is 19.1 Å². The summed E-state index contributed by atoms with van der Waals surface area (Å²) in [4.78, 5) is 23.7. The lowest BCUT2D eigenvalue weighted by Gasteiger charge is -2.13. The molecule has 31 heavy (non-hydrogen) atoms. The van der Waals surface area contributed by atoms with Crippen molar-refractivity contribution in [1.82, 2.24) is 15.0 Å². The average molecular weight is 482 g/mol. The fraction of sp³-hybridized carbons (Fsp3) is 0.0952. The highest BCUT2D eigenvalue weighted by molar-refractivity contribution is 9.10. The molecule has 10 heteroatoms. The molecule has 1 N–H and O–H groups in total. The summed E-state index contributed by atoms with van der Waals surface area (Å²) in [7, 11) is 1.52. The molecule has 9 nitrogen and oxygen atoms in total. The maximum Gasteiger partial charge on any atom is 0.373 e. The number of ether oxygens (including phenoxy) is 2. The van der Waals surface area contributed by atoms with Crippen molar-refractivity contribution in [2.75, 3.05) is 12.4 Å². The van der Waals surface area contributed by atoms with Gasteiger partial charge in [-0.2, -0.15) is 4.98 Å². The van der Waals surface area contributed by atoms with E-state index in [0.29, 0.717) is 22.7 Å². The van der Waals surface area contributed by atoms with Crippen LogP contribution in [0, 0.1) is 17.0 Å². The predicted octanol–water partition coefficient (Wildman–Crippen LogP) is 5.55. The summed E-state index contributed by atoms with van der Waals surface area (Å²) in [6.45, 7) is 1.90. The molecule has 0 saturated heterocycles. The fourth-order valence-corrected chi connectivity index (χ4v) is 3.49. The first kappa shape index (κ1) is 20.5. The van der Waals surface area contributed by atoms with Gasteiger partial charge >= 0.3 is 11.6 Å². The van der Waals surface area contributed by atoms with Gasteiger partial charge in [0.1, 0.15) is 17.6 Å². The zero-order chi connectivity index (χ0) is 22.0. The number of benzene rings is 2. The van der Waals surface area contributed by atoms with Gasteiger partial charge in [-0.05, 0) is 42.8 Å². The lowest BCUT2D eigenvalue weighted by molar-refractivity contribution is -0.385. The number of nitro groups is 1. The maximum absolute atomic E-state index is 11.9. The van der Waals surface area contributed by atoms with Gasteiger partial charge in [0.05, 0.1) is 17.7 Å². The van der Waals surface area contributed by atoms with Gasteiger partial charge in [0.15, 0.2) is 5.75 Å². The molecular formula is C21H16BrN5O4. The summed E-state index contributed by atoms with van der Waals surface area (Å²) >= 11 is 3.47. The number of anilines is 2. The highest BCUT2D eigenvalue weighted by Gasteiger charge is 2.26. The Bertz CT molecular complexity index is 1300. The molecule has 2 aromatic heterocycles. The molecule has 4 aromatic rings. The van der Waals surface area contributed by atoms with Crippen molar-refractivity contribution >= 4 is 44.0 Å². The number of nitrogens with one attached hydrogen (secondary N) is 1. The van der Waals surface area contributed by atoms with Crippen molar-refractivity contribution in [2.24, 2.45) is 0 Å². The smallest absolute Gasteiger partial charge is 0.373 e. The third-order valence-corrected chi connectivity index (χ3v) is 5.16. The molecule has 4 rings (SSSR count). The summed E-state index contributed by atoms with van der Waals surface area (Å²) in [6.07, 6.45) is 2.81. The van der Waals surface area contributed by atoms with E-state index in [1.54, 1.807) is 36.5 Å². The van der Waals surface area contributed by atoms with Gasteiger partial charge in [0.25, 0.3) is 0 Å².